The van der Waals surface area contributed by atoms with Crippen molar-refractivity contribution in [3.8, 4) is 0 Å². The van der Waals surface area contributed by atoms with Gasteiger partial charge in [-0.25, -0.2) is 8.42 Å². The molecule has 1 saturated heterocycles. The topological polar surface area (TPSA) is 75.3 Å². The van der Waals surface area contributed by atoms with E-state index in [2.05, 4.69) is 10.6 Å². The van der Waals surface area contributed by atoms with Gasteiger partial charge in [0.1, 0.15) is 0 Å². The minimum Gasteiger partial charge on any atom is -0.384 e. The van der Waals surface area contributed by atoms with Crippen LogP contribution in [0.4, 0.5) is 5.69 Å². The third-order valence-corrected chi connectivity index (χ3v) is 5.66. The summed E-state index contributed by atoms with van der Waals surface area (Å²) in [5.74, 6) is 0.0815. The Balaban J connectivity index is 1.80. The molecule has 1 aromatic rings. The zero-order chi connectivity index (χ0) is 15.5. The molecule has 1 heterocycles. The Morgan fingerprint density at radius 1 is 1.33 bits per heavy atom. The van der Waals surface area contributed by atoms with Gasteiger partial charge in [-0.2, -0.15) is 0 Å². The highest BCUT2D eigenvalue weighted by Crippen LogP contribution is 2.22. The summed E-state index contributed by atoms with van der Waals surface area (Å²) in [6.07, 6.45) is 0.816. The van der Waals surface area contributed by atoms with Crippen molar-refractivity contribution >= 4 is 21.4 Å². The van der Waals surface area contributed by atoms with E-state index in [1.165, 1.54) is 0 Å². The van der Waals surface area contributed by atoms with E-state index in [9.17, 15) is 13.2 Å². The van der Waals surface area contributed by atoms with Gasteiger partial charge in [-0.05, 0) is 31.9 Å². The summed E-state index contributed by atoms with van der Waals surface area (Å²) in [4.78, 5) is 11.9. The van der Waals surface area contributed by atoms with E-state index in [0.717, 1.165) is 11.3 Å². The highest BCUT2D eigenvalue weighted by Gasteiger charge is 2.39. The lowest BCUT2D eigenvalue weighted by atomic mass is 10.0. The summed E-state index contributed by atoms with van der Waals surface area (Å²) in [6.45, 7) is 4.33. The Morgan fingerprint density at radius 3 is 2.67 bits per heavy atom. The second kappa shape index (κ2) is 6.05. The van der Waals surface area contributed by atoms with E-state index in [1.54, 1.807) is 6.92 Å². The van der Waals surface area contributed by atoms with Gasteiger partial charge in [-0.1, -0.05) is 18.2 Å². The number of amides is 1. The molecule has 116 valence electrons. The van der Waals surface area contributed by atoms with E-state index >= 15 is 0 Å². The van der Waals surface area contributed by atoms with E-state index < -0.39 is 15.4 Å². The van der Waals surface area contributed by atoms with Gasteiger partial charge in [0.15, 0.2) is 9.84 Å². The van der Waals surface area contributed by atoms with E-state index in [4.69, 9.17) is 0 Å². The molecule has 0 saturated carbocycles. The number of hydrogen-bond acceptors (Lipinski definition) is 4. The largest absolute Gasteiger partial charge is 0.384 e. The molecule has 2 N–H and O–H groups in total. The lowest BCUT2D eigenvalue weighted by molar-refractivity contribution is -0.122. The minimum atomic E-state index is -3.00. The number of rotatable bonds is 5. The fraction of sp³-hybridized carbons (Fsp3) is 0.533. The highest BCUT2D eigenvalue weighted by atomic mass is 32.2. The molecular weight excluding hydrogens is 288 g/mol. The Morgan fingerprint density at radius 2 is 2.05 bits per heavy atom. The van der Waals surface area contributed by atoms with Crippen molar-refractivity contribution in [3.63, 3.8) is 0 Å². The molecule has 0 unspecified atom stereocenters. The Hall–Kier alpha value is -1.56. The molecule has 0 radical (unpaired) electrons. The van der Waals surface area contributed by atoms with Crippen molar-refractivity contribution in [3.05, 3.63) is 29.8 Å². The molecule has 0 aromatic heterocycles. The molecule has 0 bridgehead atoms. The molecule has 1 aromatic carbocycles. The number of hydrogen-bond donors (Lipinski definition) is 2. The van der Waals surface area contributed by atoms with Gasteiger partial charge < -0.3 is 10.6 Å². The predicted octanol–water partition coefficient (Wildman–Crippen LogP) is 1.49. The van der Waals surface area contributed by atoms with Gasteiger partial charge in [0.05, 0.1) is 17.0 Å². The molecule has 1 amide bonds. The number of anilines is 1. The zero-order valence-corrected chi connectivity index (χ0v) is 13.3. The van der Waals surface area contributed by atoms with Crippen molar-refractivity contribution < 1.29 is 13.2 Å². The van der Waals surface area contributed by atoms with E-state index in [1.807, 2.05) is 31.2 Å². The number of sulfone groups is 1. The van der Waals surface area contributed by atoms with Crippen LogP contribution in [0.5, 0.6) is 0 Å². The molecular formula is C15H22N2O3S. The Kier molecular flexibility index (Phi) is 4.56. The first kappa shape index (κ1) is 15.8. The van der Waals surface area contributed by atoms with Crippen molar-refractivity contribution in [1.82, 2.24) is 5.32 Å². The van der Waals surface area contributed by atoms with Crippen LogP contribution >= 0.6 is 0 Å². The summed E-state index contributed by atoms with van der Waals surface area (Å²) in [6, 6.07) is 7.89. The van der Waals surface area contributed by atoms with Gasteiger partial charge in [0, 0.05) is 18.7 Å². The monoisotopic (exact) mass is 310 g/mol. The first-order chi connectivity index (χ1) is 9.80. The molecule has 0 spiro atoms. The smallest absolute Gasteiger partial charge is 0.222 e. The normalized spacial score (nSPS) is 23.7. The number of benzene rings is 1. The predicted molar refractivity (Wildman–Crippen MR) is 84.1 cm³/mol. The fourth-order valence-corrected chi connectivity index (χ4v) is 4.68. The van der Waals surface area contributed by atoms with Crippen LogP contribution in [0.2, 0.25) is 0 Å². The summed E-state index contributed by atoms with van der Waals surface area (Å²) in [7, 11) is -3.00. The molecule has 2 rings (SSSR count). The molecule has 1 aliphatic heterocycles. The van der Waals surface area contributed by atoms with Crippen LogP contribution in [0.15, 0.2) is 24.3 Å². The molecule has 1 fully saturated rings. The molecule has 0 aliphatic carbocycles. The minimum absolute atomic E-state index is 0.0387. The van der Waals surface area contributed by atoms with Gasteiger partial charge in [-0.15, -0.1) is 0 Å². The van der Waals surface area contributed by atoms with Crippen LogP contribution in [0.1, 0.15) is 25.3 Å². The van der Waals surface area contributed by atoms with Crippen LogP contribution < -0.4 is 10.6 Å². The van der Waals surface area contributed by atoms with Gasteiger partial charge >= 0.3 is 0 Å². The SMILES string of the molecule is Cc1ccccc1NCCC(=O)N[C@@]1(C)CCS(=O)(=O)C1. The maximum Gasteiger partial charge on any atom is 0.222 e. The third-order valence-electron chi connectivity index (χ3n) is 3.76. The van der Waals surface area contributed by atoms with Gasteiger partial charge in [-0.3, -0.25) is 4.79 Å². The fourth-order valence-electron chi connectivity index (χ4n) is 2.59. The van der Waals surface area contributed by atoms with Crippen LogP contribution in [0, 0.1) is 6.92 Å². The number of carbonyl (C=O) groups excluding carboxylic acids is 1. The van der Waals surface area contributed by atoms with Crippen LogP contribution in [0.25, 0.3) is 0 Å². The van der Waals surface area contributed by atoms with Crippen molar-refractivity contribution in [2.75, 3.05) is 23.4 Å². The number of carbonyl (C=O) groups is 1. The maximum atomic E-state index is 11.9. The van der Waals surface area contributed by atoms with Crippen LogP contribution in [-0.2, 0) is 14.6 Å². The summed E-state index contributed by atoms with van der Waals surface area (Å²) < 4.78 is 23.0. The Bertz CT molecular complexity index is 628. The standard InChI is InChI=1S/C15H22N2O3S/c1-12-5-3-4-6-13(12)16-9-7-14(18)17-15(2)8-10-21(19,20)11-15/h3-6,16H,7-11H2,1-2H3,(H,17,18)/t15-/m0/s1. The summed E-state index contributed by atoms with van der Waals surface area (Å²) >= 11 is 0. The summed E-state index contributed by atoms with van der Waals surface area (Å²) in [5.41, 5.74) is 1.53. The van der Waals surface area contributed by atoms with Crippen molar-refractivity contribution in [2.24, 2.45) is 0 Å². The Labute approximate surface area is 126 Å². The first-order valence-corrected chi connectivity index (χ1v) is 8.93. The molecule has 6 heteroatoms. The molecule has 5 nitrogen and oxygen atoms in total. The number of nitrogens with one attached hydrogen (secondary N) is 2. The quantitative estimate of drug-likeness (QED) is 0.864. The first-order valence-electron chi connectivity index (χ1n) is 7.11. The second-order valence-corrected chi connectivity index (χ2v) is 8.13. The lowest BCUT2D eigenvalue weighted by Crippen LogP contribution is -2.47. The highest BCUT2D eigenvalue weighted by molar-refractivity contribution is 7.91. The molecule has 21 heavy (non-hydrogen) atoms. The van der Waals surface area contributed by atoms with Crippen molar-refractivity contribution in [2.45, 2.75) is 32.2 Å². The average Bonchev–Trinajstić information content (AvgIpc) is 2.65. The number of aryl methyl sites for hydroxylation is 1. The maximum absolute atomic E-state index is 11.9. The molecule has 1 aliphatic rings. The zero-order valence-electron chi connectivity index (χ0n) is 12.5. The van der Waals surface area contributed by atoms with Crippen molar-refractivity contribution in [1.29, 1.82) is 0 Å². The van der Waals surface area contributed by atoms with E-state index in [-0.39, 0.29) is 17.4 Å². The van der Waals surface area contributed by atoms with Crippen LogP contribution in [0.3, 0.4) is 0 Å². The summed E-state index contributed by atoms with van der Waals surface area (Å²) in [5, 5.41) is 6.07. The molecule has 1 atom stereocenters. The lowest BCUT2D eigenvalue weighted by Gasteiger charge is -2.24. The van der Waals surface area contributed by atoms with Gasteiger partial charge in [0.25, 0.3) is 0 Å². The van der Waals surface area contributed by atoms with E-state index in [0.29, 0.717) is 19.4 Å². The third kappa shape index (κ3) is 4.46. The average molecular weight is 310 g/mol. The van der Waals surface area contributed by atoms with Crippen LogP contribution in [-0.4, -0.2) is 37.9 Å². The number of para-hydroxylation sites is 1. The van der Waals surface area contributed by atoms with Gasteiger partial charge in [0.2, 0.25) is 5.91 Å². The second-order valence-electron chi connectivity index (χ2n) is 5.94.